The van der Waals surface area contributed by atoms with E-state index in [0.717, 1.165) is 18.5 Å². The molecule has 0 unspecified atom stereocenters. The molecule has 8 nitrogen and oxygen atoms in total. The molecule has 0 aliphatic rings. The highest BCUT2D eigenvalue weighted by Gasteiger charge is 2.22. The van der Waals surface area contributed by atoms with Crippen molar-refractivity contribution in [2.75, 3.05) is 34.4 Å². The number of nitrogens with one attached hydrogen (secondary N) is 1. The number of carbonyl (C=O) groups is 1. The number of aryl methyl sites for hydroxylation is 1. The lowest BCUT2D eigenvalue weighted by Gasteiger charge is -2.24. The maximum atomic E-state index is 12.8. The summed E-state index contributed by atoms with van der Waals surface area (Å²) in [5, 5.41) is 0.446. The topological polar surface area (TPSA) is 93.8 Å². The summed E-state index contributed by atoms with van der Waals surface area (Å²) in [5.74, 6) is 1.53. The summed E-state index contributed by atoms with van der Waals surface area (Å²) in [5.41, 5.74) is 1.49. The minimum absolute atomic E-state index is 0.124. The predicted octanol–water partition coefficient (Wildman–Crippen LogP) is 3.72. The van der Waals surface area contributed by atoms with E-state index in [1.54, 1.807) is 28.1 Å². The van der Waals surface area contributed by atoms with Gasteiger partial charge in [-0.1, -0.05) is 6.07 Å². The van der Waals surface area contributed by atoms with Crippen LogP contribution in [0, 0.1) is 6.92 Å². The average molecular weight is 460 g/mol. The lowest BCUT2D eigenvalue weighted by atomic mass is 10.1. The molecule has 3 aromatic rings. The lowest BCUT2D eigenvalue weighted by molar-refractivity contribution is 0.0531. The second-order valence-corrected chi connectivity index (χ2v) is 8.50. The second kappa shape index (κ2) is 10.1. The maximum absolute atomic E-state index is 12.8. The molecule has 1 atom stereocenters. The van der Waals surface area contributed by atoms with Crippen LogP contribution >= 0.6 is 11.3 Å². The number of H-pyrrole nitrogens is 1. The molecule has 0 aliphatic carbocycles. The highest BCUT2D eigenvalue weighted by atomic mass is 32.1. The highest BCUT2D eigenvalue weighted by molar-refractivity contribution is 7.20. The molecule has 1 aromatic carbocycles. The lowest BCUT2D eigenvalue weighted by Crippen LogP contribution is -2.28. The fourth-order valence-electron chi connectivity index (χ4n) is 3.49. The van der Waals surface area contributed by atoms with Gasteiger partial charge in [0.25, 0.3) is 5.56 Å². The van der Waals surface area contributed by atoms with Crippen LogP contribution in [0.15, 0.2) is 23.0 Å². The number of aromatic nitrogens is 2. The van der Waals surface area contributed by atoms with Gasteiger partial charge in [0.15, 0.2) is 11.5 Å². The summed E-state index contributed by atoms with van der Waals surface area (Å²) in [6, 6.07) is 5.75. The van der Waals surface area contributed by atoms with Crippen LogP contribution in [0.5, 0.6) is 11.5 Å². The second-order valence-electron chi connectivity index (χ2n) is 7.50. The number of rotatable bonds is 9. The smallest absolute Gasteiger partial charge is 0.348 e. The van der Waals surface area contributed by atoms with Crippen LogP contribution in [0.4, 0.5) is 0 Å². The zero-order valence-corrected chi connectivity index (χ0v) is 20.1. The van der Waals surface area contributed by atoms with E-state index < -0.39 is 5.97 Å². The van der Waals surface area contributed by atoms with Gasteiger partial charge in [-0.05, 0) is 57.5 Å². The summed E-state index contributed by atoms with van der Waals surface area (Å²) in [6.07, 6.45) is 0.790. The van der Waals surface area contributed by atoms with Crippen molar-refractivity contribution in [3.8, 4) is 11.5 Å². The van der Waals surface area contributed by atoms with E-state index in [9.17, 15) is 9.59 Å². The third-order valence-corrected chi connectivity index (χ3v) is 6.70. The van der Waals surface area contributed by atoms with E-state index in [1.807, 2.05) is 32.2 Å². The van der Waals surface area contributed by atoms with Gasteiger partial charge in [0.2, 0.25) is 0 Å². The van der Waals surface area contributed by atoms with Crippen molar-refractivity contribution < 1.29 is 19.0 Å². The first-order valence-electron chi connectivity index (χ1n) is 10.4. The summed E-state index contributed by atoms with van der Waals surface area (Å²) in [6.45, 7) is 6.52. The van der Waals surface area contributed by atoms with Gasteiger partial charge in [-0.15, -0.1) is 11.3 Å². The molecule has 2 heterocycles. The number of esters is 1. The normalized spacial score (nSPS) is 12.2. The number of methoxy groups -OCH3 is 2. The van der Waals surface area contributed by atoms with E-state index in [4.69, 9.17) is 14.2 Å². The highest BCUT2D eigenvalue weighted by Crippen LogP contribution is 2.30. The first-order valence-corrected chi connectivity index (χ1v) is 11.2. The van der Waals surface area contributed by atoms with Gasteiger partial charge in [-0.2, -0.15) is 0 Å². The Morgan fingerprint density at radius 2 is 1.97 bits per heavy atom. The quantitative estimate of drug-likeness (QED) is 0.487. The molecule has 0 amide bonds. The zero-order chi connectivity index (χ0) is 23.4. The molecule has 32 heavy (non-hydrogen) atoms. The number of likely N-dealkylation sites (N-methyl/N-ethyl adjacent to an activating group) is 1. The molecule has 0 bridgehead atoms. The van der Waals surface area contributed by atoms with E-state index in [0.29, 0.717) is 38.0 Å². The fourth-order valence-corrected chi connectivity index (χ4v) is 4.58. The van der Waals surface area contributed by atoms with Gasteiger partial charge in [0, 0.05) is 6.54 Å². The van der Waals surface area contributed by atoms with Crippen molar-refractivity contribution in [3.63, 3.8) is 0 Å². The van der Waals surface area contributed by atoms with Gasteiger partial charge in [-0.3, -0.25) is 9.69 Å². The number of benzene rings is 1. The number of nitrogens with zero attached hydrogens (tertiary/aromatic N) is 2. The Morgan fingerprint density at radius 1 is 1.25 bits per heavy atom. The Bertz CT molecular complexity index is 1170. The Kier molecular flexibility index (Phi) is 7.52. The molecular weight excluding hydrogens is 430 g/mol. The van der Waals surface area contributed by atoms with E-state index >= 15 is 0 Å². The minimum Gasteiger partial charge on any atom is -0.493 e. The van der Waals surface area contributed by atoms with Gasteiger partial charge in [0.05, 0.1) is 32.3 Å². The first kappa shape index (κ1) is 23.7. The maximum Gasteiger partial charge on any atom is 0.348 e. The van der Waals surface area contributed by atoms with Crippen molar-refractivity contribution in [2.24, 2.45) is 0 Å². The molecule has 0 aliphatic heterocycles. The van der Waals surface area contributed by atoms with E-state index in [1.165, 1.54) is 11.3 Å². The zero-order valence-electron chi connectivity index (χ0n) is 19.3. The van der Waals surface area contributed by atoms with Crippen molar-refractivity contribution in [2.45, 2.75) is 33.2 Å². The van der Waals surface area contributed by atoms with E-state index in [-0.39, 0.29) is 18.2 Å². The van der Waals surface area contributed by atoms with Crippen LogP contribution in [0.1, 0.15) is 46.5 Å². The summed E-state index contributed by atoms with van der Waals surface area (Å²) in [7, 11) is 5.22. The van der Waals surface area contributed by atoms with Crippen LogP contribution in [0.25, 0.3) is 10.2 Å². The largest absolute Gasteiger partial charge is 0.493 e. The number of carbonyl (C=O) groups excluding carboxylic acids is 1. The SMILES string of the molecule is CCOC(=O)c1sc2nc([C@H](C)N(C)CCc3ccc(OC)c(OC)c3)[nH]c(=O)c2c1C. The molecule has 9 heteroatoms. The Balaban J connectivity index is 1.79. The van der Waals surface area contributed by atoms with Crippen LogP contribution in [0.3, 0.4) is 0 Å². The summed E-state index contributed by atoms with van der Waals surface area (Å²) in [4.78, 5) is 35.6. The fraction of sp³-hybridized carbons (Fsp3) is 0.435. The molecule has 3 rings (SSSR count). The monoisotopic (exact) mass is 459 g/mol. The summed E-state index contributed by atoms with van der Waals surface area (Å²) >= 11 is 1.20. The van der Waals surface area contributed by atoms with Crippen molar-refractivity contribution in [1.82, 2.24) is 14.9 Å². The van der Waals surface area contributed by atoms with Crippen molar-refractivity contribution in [3.05, 3.63) is 50.4 Å². The van der Waals surface area contributed by atoms with Crippen molar-refractivity contribution >= 4 is 27.5 Å². The van der Waals surface area contributed by atoms with Crippen LogP contribution in [-0.4, -0.2) is 55.3 Å². The van der Waals surface area contributed by atoms with Crippen molar-refractivity contribution in [1.29, 1.82) is 0 Å². The molecule has 1 N–H and O–H groups in total. The molecule has 0 fully saturated rings. The molecule has 0 spiro atoms. The molecule has 0 saturated heterocycles. The number of ether oxygens (including phenoxy) is 3. The standard InChI is InChI=1S/C23H29N3O5S/c1-7-31-23(28)19-13(2)18-21(27)24-20(25-22(18)32-19)14(3)26(4)11-10-15-8-9-16(29-5)17(12-15)30-6/h8-9,12,14H,7,10-11H2,1-6H3,(H,24,25,27)/t14-/m0/s1. The number of thiophene rings is 1. The van der Waals surface area contributed by atoms with Gasteiger partial charge in [0.1, 0.15) is 15.5 Å². The average Bonchev–Trinajstić information content (AvgIpc) is 3.13. The third-order valence-electron chi connectivity index (χ3n) is 5.54. The molecular formula is C23H29N3O5S. The Labute approximate surface area is 191 Å². The predicted molar refractivity (Wildman–Crippen MR) is 125 cm³/mol. The molecule has 172 valence electrons. The van der Waals surface area contributed by atoms with Crippen LogP contribution in [-0.2, 0) is 11.2 Å². The Hall–Kier alpha value is -2.91. The number of fused-ring (bicyclic) bond motifs is 1. The number of hydrogen-bond donors (Lipinski definition) is 1. The third kappa shape index (κ3) is 4.78. The molecule has 0 radical (unpaired) electrons. The van der Waals surface area contributed by atoms with E-state index in [2.05, 4.69) is 14.9 Å². The van der Waals surface area contributed by atoms with Crippen LogP contribution < -0.4 is 15.0 Å². The number of hydrogen-bond acceptors (Lipinski definition) is 8. The molecule has 2 aromatic heterocycles. The van der Waals surface area contributed by atoms with Gasteiger partial charge in [-0.25, -0.2) is 9.78 Å². The van der Waals surface area contributed by atoms with Gasteiger partial charge >= 0.3 is 5.97 Å². The first-order chi connectivity index (χ1) is 15.3. The minimum atomic E-state index is -0.422. The van der Waals surface area contributed by atoms with Crippen LogP contribution in [0.2, 0.25) is 0 Å². The summed E-state index contributed by atoms with van der Waals surface area (Å²) < 4.78 is 15.8. The number of aromatic amines is 1. The Morgan fingerprint density at radius 3 is 2.62 bits per heavy atom. The van der Waals surface area contributed by atoms with Gasteiger partial charge < -0.3 is 19.2 Å². The molecule has 0 saturated carbocycles.